The van der Waals surface area contributed by atoms with E-state index in [-0.39, 0.29) is 12.5 Å². The van der Waals surface area contributed by atoms with Crippen molar-refractivity contribution in [2.24, 2.45) is 0 Å². The van der Waals surface area contributed by atoms with Crippen LogP contribution < -0.4 is 10.1 Å². The maximum absolute atomic E-state index is 12.0. The van der Waals surface area contributed by atoms with Crippen molar-refractivity contribution in [3.63, 3.8) is 0 Å². The van der Waals surface area contributed by atoms with E-state index in [2.05, 4.69) is 25.2 Å². The first kappa shape index (κ1) is 18.0. The molecule has 1 amide bonds. The zero-order chi connectivity index (χ0) is 17.5. The number of hydrogen-bond donors (Lipinski definition) is 2. The lowest BCUT2D eigenvalue weighted by Crippen LogP contribution is -2.12. The molecule has 0 radical (unpaired) electrons. The molecule has 2 rings (SSSR count). The molecule has 0 bridgehead atoms. The molecule has 0 aliphatic rings. The molecule has 0 atom stereocenters. The van der Waals surface area contributed by atoms with Crippen molar-refractivity contribution in [2.75, 3.05) is 11.9 Å². The Labute approximate surface area is 145 Å². The topological polar surface area (TPSA) is 75.6 Å². The Kier molecular flexibility index (Phi) is 6.37. The Balaban J connectivity index is 1.75. The van der Waals surface area contributed by atoms with Crippen LogP contribution in [0.3, 0.4) is 0 Å². The molecular weight excluding hydrogens is 326 g/mol. The lowest BCUT2D eigenvalue weighted by atomic mass is 10.1. The molecule has 0 spiro atoms. The molecule has 0 aliphatic carbocycles. The molecule has 0 unspecified atom stereocenters. The summed E-state index contributed by atoms with van der Waals surface area (Å²) in [5.74, 6) is -0.596. The van der Waals surface area contributed by atoms with Crippen LogP contribution in [0.4, 0.5) is 5.69 Å². The zero-order valence-electron chi connectivity index (χ0n) is 13.8. The first-order chi connectivity index (χ1) is 11.4. The van der Waals surface area contributed by atoms with E-state index in [4.69, 9.17) is 9.84 Å². The van der Waals surface area contributed by atoms with Gasteiger partial charge in [0.15, 0.2) is 6.61 Å². The monoisotopic (exact) mass is 347 g/mol. The number of ether oxygens (including phenoxy) is 1. The number of hydrogen-bond acceptors (Lipinski definition) is 4. The number of rotatable bonds is 8. The Morgan fingerprint density at radius 2 is 1.92 bits per heavy atom. The van der Waals surface area contributed by atoms with Crippen LogP contribution in [-0.2, 0) is 16.0 Å². The Hall–Kier alpha value is -2.34. The first-order valence-corrected chi connectivity index (χ1v) is 8.56. The fourth-order valence-electron chi connectivity index (χ4n) is 2.37. The number of nitrogens with one attached hydrogen (secondary N) is 1. The number of anilines is 1. The second-order valence-corrected chi connectivity index (χ2v) is 7.01. The molecule has 0 saturated carbocycles. The number of amides is 1. The van der Waals surface area contributed by atoms with Gasteiger partial charge in [0, 0.05) is 21.9 Å². The summed E-state index contributed by atoms with van der Waals surface area (Å²) in [5, 5.41) is 11.4. The van der Waals surface area contributed by atoms with Gasteiger partial charge in [0.2, 0.25) is 5.91 Å². The second kappa shape index (κ2) is 8.49. The predicted octanol–water partition coefficient (Wildman–Crippen LogP) is 3.79. The van der Waals surface area contributed by atoms with Crippen LogP contribution in [0.5, 0.6) is 5.75 Å². The first-order valence-electron chi connectivity index (χ1n) is 7.74. The highest BCUT2D eigenvalue weighted by Gasteiger charge is 2.06. The second-order valence-electron chi connectivity index (χ2n) is 5.55. The summed E-state index contributed by atoms with van der Waals surface area (Å²) in [5.41, 5.74) is 2.00. The summed E-state index contributed by atoms with van der Waals surface area (Å²) in [4.78, 5) is 25.0. The van der Waals surface area contributed by atoms with E-state index in [1.165, 1.54) is 15.3 Å². The number of aryl methyl sites for hydroxylation is 3. The number of thiophene rings is 1. The minimum atomic E-state index is -1.02. The average molecular weight is 347 g/mol. The van der Waals surface area contributed by atoms with Crippen LogP contribution in [-0.4, -0.2) is 23.6 Å². The third kappa shape index (κ3) is 5.70. The summed E-state index contributed by atoms with van der Waals surface area (Å²) in [6, 6.07) is 8.85. The van der Waals surface area contributed by atoms with E-state index in [9.17, 15) is 9.59 Å². The largest absolute Gasteiger partial charge is 0.482 e. The lowest BCUT2D eigenvalue weighted by Gasteiger charge is -2.07. The number of carboxylic acids is 1. The van der Waals surface area contributed by atoms with Crippen LogP contribution in [0.25, 0.3) is 0 Å². The molecule has 0 fully saturated rings. The maximum atomic E-state index is 12.0. The fourth-order valence-corrected chi connectivity index (χ4v) is 3.35. The summed E-state index contributed by atoms with van der Waals surface area (Å²) in [6.45, 7) is 3.83. The highest BCUT2D eigenvalue weighted by molar-refractivity contribution is 7.12. The summed E-state index contributed by atoms with van der Waals surface area (Å²) in [6.07, 6.45) is 2.18. The SMILES string of the molecule is Cc1cc(CCCC(=O)Nc2ccc(OCC(=O)O)cc2)c(C)s1. The highest BCUT2D eigenvalue weighted by atomic mass is 32.1. The van der Waals surface area contributed by atoms with Crippen molar-refractivity contribution in [2.45, 2.75) is 33.1 Å². The van der Waals surface area contributed by atoms with Gasteiger partial charge >= 0.3 is 5.97 Å². The van der Waals surface area contributed by atoms with Gasteiger partial charge in [-0.05, 0) is 62.6 Å². The van der Waals surface area contributed by atoms with Crippen molar-refractivity contribution in [1.29, 1.82) is 0 Å². The van der Waals surface area contributed by atoms with Crippen LogP contribution in [0.15, 0.2) is 30.3 Å². The molecule has 24 heavy (non-hydrogen) atoms. The average Bonchev–Trinajstić information content (AvgIpc) is 2.84. The van der Waals surface area contributed by atoms with Gasteiger partial charge in [-0.2, -0.15) is 0 Å². The molecule has 1 aromatic heterocycles. The van der Waals surface area contributed by atoms with Crippen molar-refractivity contribution < 1.29 is 19.4 Å². The Morgan fingerprint density at radius 1 is 1.21 bits per heavy atom. The smallest absolute Gasteiger partial charge is 0.341 e. The van der Waals surface area contributed by atoms with Crippen molar-refractivity contribution in [3.8, 4) is 5.75 Å². The van der Waals surface area contributed by atoms with Crippen LogP contribution in [0.1, 0.15) is 28.2 Å². The van der Waals surface area contributed by atoms with Gasteiger partial charge in [-0.15, -0.1) is 11.3 Å². The molecule has 1 heterocycles. The Bertz CT molecular complexity index is 706. The van der Waals surface area contributed by atoms with Crippen molar-refractivity contribution in [1.82, 2.24) is 0 Å². The number of carboxylic acid groups (broad SMARTS) is 1. The summed E-state index contributed by atoms with van der Waals surface area (Å²) >= 11 is 1.79. The molecular formula is C18H21NO4S. The number of benzene rings is 1. The predicted molar refractivity (Wildman–Crippen MR) is 94.9 cm³/mol. The molecule has 1 aromatic carbocycles. The summed E-state index contributed by atoms with van der Waals surface area (Å²) < 4.78 is 5.04. The van der Waals surface area contributed by atoms with E-state index in [0.29, 0.717) is 17.9 Å². The molecule has 2 aromatic rings. The van der Waals surface area contributed by atoms with E-state index in [0.717, 1.165) is 12.8 Å². The van der Waals surface area contributed by atoms with Gasteiger partial charge in [-0.1, -0.05) is 0 Å². The maximum Gasteiger partial charge on any atom is 0.341 e. The minimum absolute atomic E-state index is 0.0289. The minimum Gasteiger partial charge on any atom is -0.482 e. The molecule has 5 nitrogen and oxygen atoms in total. The van der Waals surface area contributed by atoms with Gasteiger partial charge in [0.1, 0.15) is 5.75 Å². The number of carbonyl (C=O) groups is 2. The quantitative estimate of drug-likeness (QED) is 0.762. The standard InChI is InChI=1S/C18H21NO4S/c1-12-10-14(13(2)24-12)4-3-5-17(20)19-15-6-8-16(9-7-15)23-11-18(21)22/h6-10H,3-5,11H2,1-2H3,(H,19,20)(H,21,22). The molecule has 0 aliphatic heterocycles. The van der Waals surface area contributed by atoms with Crippen molar-refractivity contribution >= 4 is 28.9 Å². The fraction of sp³-hybridized carbons (Fsp3) is 0.333. The lowest BCUT2D eigenvalue weighted by molar-refractivity contribution is -0.139. The van der Waals surface area contributed by atoms with Gasteiger partial charge in [-0.25, -0.2) is 4.79 Å². The highest BCUT2D eigenvalue weighted by Crippen LogP contribution is 2.22. The third-order valence-electron chi connectivity index (χ3n) is 3.49. The van der Waals surface area contributed by atoms with Crippen LogP contribution >= 0.6 is 11.3 Å². The van der Waals surface area contributed by atoms with Gasteiger partial charge in [0.05, 0.1) is 0 Å². The molecule has 128 valence electrons. The summed E-state index contributed by atoms with van der Waals surface area (Å²) in [7, 11) is 0. The van der Waals surface area contributed by atoms with Gasteiger partial charge < -0.3 is 15.2 Å². The van der Waals surface area contributed by atoms with Gasteiger partial charge in [-0.3, -0.25) is 4.79 Å². The van der Waals surface area contributed by atoms with E-state index >= 15 is 0 Å². The number of aliphatic carboxylic acids is 1. The zero-order valence-corrected chi connectivity index (χ0v) is 14.6. The van der Waals surface area contributed by atoms with Crippen LogP contribution in [0, 0.1) is 13.8 Å². The van der Waals surface area contributed by atoms with E-state index in [1.807, 2.05) is 0 Å². The number of carbonyl (C=O) groups excluding carboxylic acids is 1. The third-order valence-corrected chi connectivity index (χ3v) is 4.50. The van der Waals surface area contributed by atoms with E-state index in [1.54, 1.807) is 35.6 Å². The Morgan fingerprint density at radius 3 is 2.50 bits per heavy atom. The van der Waals surface area contributed by atoms with Crippen molar-refractivity contribution in [3.05, 3.63) is 45.6 Å². The molecule has 6 heteroatoms. The van der Waals surface area contributed by atoms with Crippen LogP contribution in [0.2, 0.25) is 0 Å². The molecule has 2 N–H and O–H groups in total. The van der Waals surface area contributed by atoms with E-state index < -0.39 is 5.97 Å². The van der Waals surface area contributed by atoms with Gasteiger partial charge in [0.25, 0.3) is 0 Å². The molecule has 0 saturated heterocycles. The normalized spacial score (nSPS) is 10.4.